The van der Waals surface area contributed by atoms with Crippen LogP contribution >= 0.6 is 0 Å². The van der Waals surface area contributed by atoms with Crippen molar-refractivity contribution in [1.82, 2.24) is 4.90 Å². The lowest BCUT2D eigenvalue weighted by molar-refractivity contribution is -0.139. The van der Waals surface area contributed by atoms with Gasteiger partial charge in [0.05, 0.1) is 6.54 Å². The first-order valence-corrected chi connectivity index (χ1v) is 9.60. The summed E-state index contributed by atoms with van der Waals surface area (Å²) in [6, 6.07) is 13.3. The van der Waals surface area contributed by atoms with Crippen molar-refractivity contribution in [2.75, 3.05) is 31.1 Å². The van der Waals surface area contributed by atoms with Gasteiger partial charge >= 0.3 is 19.2 Å². The second-order valence-electron chi connectivity index (χ2n) is 7.04. The number of alkyl halides is 4. The summed E-state index contributed by atoms with van der Waals surface area (Å²) in [5, 5.41) is 9.24. The minimum atomic E-state index is -3.20. The molecule has 1 heterocycles. The summed E-state index contributed by atoms with van der Waals surface area (Å²) in [5.74, 6) is -1.91. The molecule has 6 nitrogen and oxygen atoms in total. The van der Waals surface area contributed by atoms with Gasteiger partial charge in [-0.3, -0.25) is 9.69 Å². The second kappa shape index (κ2) is 10.3. The second-order valence-corrected chi connectivity index (χ2v) is 7.04. The number of aliphatic carboxylic acids is 1. The zero-order chi connectivity index (χ0) is 22.4. The van der Waals surface area contributed by atoms with E-state index >= 15 is 0 Å². The van der Waals surface area contributed by atoms with Crippen LogP contribution in [0.15, 0.2) is 48.5 Å². The summed E-state index contributed by atoms with van der Waals surface area (Å²) in [7, 11) is 0. The number of carboxylic acid groups (broad SMARTS) is 1. The third-order valence-corrected chi connectivity index (χ3v) is 4.98. The molecule has 0 saturated carbocycles. The molecule has 0 radical (unpaired) electrons. The lowest BCUT2D eigenvalue weighted by Gasteiger charge is -2.42. The fourth-order valence-corrected chi connectivity index (χ4v) is 3.66. The van der Waals surface area contributed by atoms with E-state index in [0.29, 0.717) is 31.7 Å². The Balaban J connectivity index is 1.82. The number of hydrogen-bond acceptors (Lipinski definition) is 5. The molecule has 0 aliphatic carbocycles. The van der Waals surface area contributed by atoms with Crippen molar-refractivity contribution in [3.05, 3.63) is 54.1 Å². The quantitative estimate of drug-likeness (QED) is 0.598. The fourth-order valence-electron chi connectivity index (χ4n) is 3.66. The predicted molar refractivity (Wildman–Crippen MR) is 105 cm³/mol. The summed E-state index contributed by atoms with van der Waals surface area (Å²) in [6.45, 7) is -5.21. The monoisotopic (exact) mass is 442 g/mol. The molecule has 1 aliphatic rings. The average Bonchev–Trinajstić information content (AvgIpc) is 2.70. The lowest BCUT2D eigenvalue weighted by atomic mass is 10.0. The number of piperazine rings is 1. The Hall–Kier alpha value is -3.01. The van der Waals surface area contributed by atoms with Crippen molar-refractivity contribution in [3.63, 3.8) is 0 Å². The van der Waals surface area contributed by atoms with Crippen LogP contribution in [0.3, 0.4) is 0 Å². The van der Waals surface area contributed by atoms with Crippen molar-refractivity contribution in [3.8, 4) is 11.5 Å². The van der Waals surface area contributed by atoms with Gasteiger partial charge in [0, 0.05) is 37.4 Å². The van der Waals surface area contributed by atoms with E-state index in [1.54, 1.807) is 0 Å². The van der Waals surface area contributed by atoms with Gasteiger partial charge in [-0.25, -0.2) is 0 Å². The first-order valence-electron chi connectivity index (χ1n) is 9.60. The van der Waals surface area contributed by atoms with Crippen molar-refractivity contribution >= 4 is 11.7 Å². The number of hydrogen-bond donors (Lipinski definition) is 1. The van der Waals surface area contributed by atoms with E-state index in [1.807, 2.05) is 40.1 Å². The Kier molecular flexibility index (Phi) is 7.56. The van der Waals surface area contributed by atoms with Crippen LogP contribution < -0.4 is 14.4 Å². The number of anilines is 1. The molecule has 2 aromatic carbocycles. The minimum absolute atomic E-state index is 0.119. The van der Waals surface area contributed by atoms with E-state index in [2.05, 4.69) is 9.47 Å². The maximum Gasteiger partial charge on any atom is 0.387 e. The van der Waals surface area contributed by atoms with Gasteiger partial charge in [0.25, 0.3) is 0 Å². The van der Waals surface area contributed by atoms with Crippen molar-refractivity contribution in [2.24, 2.45) is 0 Å². The van der Waals surface area contributed by atoms with E-state index in [-0.39, 0.29) is 12.6 Å². The number of halogens is 4. The molecule has 0 amide bonds. The Morgan fingerprint density at radius 1 is 1.00 bits per heavy atom. The first kappa shape index (κ1) is 22.7. The van der Waals surface area contributed by atoms with Gasteiger partial charge in [-0.1, -0.05) is 30.3 Å². The molecule has 3 rings (SSSR count). The van der Waals surface area contributed by atoms with Gasteiger partial charge < -0.3 is 19.5 Å². The highest BCUT2D eigenvalue weighted by atomic mass is 19.3. The number of ether oxygens (including phenoxy) is 2. The van der Waals surface area contributed by atoms with E-state index in [9.17, 15) is 27.5 Å². The summed E-state index contributed by atoms with van der Waals surface area (Å²) in [5.41, 5.74) is 1.53. The molecule has 168 valence electrons. The van der Waals surface area contributed by atoms with E-state index < -0.39 is 30.7 Å². The minimum Gasteiger partial charge on any atom is -0.480 e. The maximum absolute atomic E-state index is 12.7. The Morgan fingerprint density at radius 3 is 2.32 bits per heavy atom. The molecule has 1 saturated heterocycles. The average molecular weight is 442 g/mol. The predicted octanol–water partition coefficient (Wildman–Crippen LogP) is 3.71. The van der Waals surface area contributed by atoms with Crippen LogP contribution in [0.25, 0.3) is 0 Å². The highest BCUT2D eigenvalue weighted by Gasteiger charge is 2.29. The van der Waals surface area contributed by atoms with Crippen LogP contribution in [-0.4, -0.2) is 61.4 Å². The van der Waals surface area contributed by atoms with Gasteiger partial charge in [0.1, 0.15) is 0 Å². The number of rotatable bonds is 9. The van der Waals surface area contributed by atoms with Crippen molar-refractivity contribution < 1.29 is 36.9 Å². The largest absolute Gasteiger partial charge is 0.480 e. The van der Waals surface area contributed by atoms with Gasteiger partial charge in [0.15, 0.2) is 11.5 Å². The molecule has 1 atom stereocenters. The lowest BCUT2D eigenvalue weighted by Crippen LogP contribution is -2.55. The van der Waals surface area contributed by atoms with E-state index in [1.165, 1.54) is 12.1 Å². The van der Waals surface area contributed by atoms with Crippen LogP contribution in [0.1, 0.15) is 5.56 Å². The molecule has 0 bridgehead atoms. The molecular formula is C21H22F4N2O4. The topological polar surface area (TPSA) is 62.2 Å². The normalized spacial score (nSPS) is 17.2. The summed E-state index contributed by atoms with van der Waals surface area (Å²) >= 11 is 0. The molecule has 1 aliphatic heterocycles. The summed E-state index contributed by atoms with van der Waals surface area (Å²) in [6.07, 6.45) is 0.595. The zero-order valence-corrected chi connectivity index (χ0v) is 16.5. The Morgan fingerprint density at radius 2 is 1.68 bits per heavy atom. The van der Waals surface area contributed by atoms with Gasteiger partial charge in [0.2, 0.25) is 0 Å². The van der Waals surface area contributed by atoms with Gasteiger partial charge in [-0.15, -0.1) is 0 Å². The van der Waals surface area contributed by atoms with Gasteiger partial charge in [-0.2, -0.15) is 17.6 Å². The smallest absolute Gasteiger partial charge is 0.387 e. The summed E-state index contributed by atoms with van der Waals surface area (Å²) in [4.78, 5) is 15.0. The highest BCUT2D eigenvalue weighted by Crippen LogP contribution is 2.35. The van der Waals surface area contributed by atoms with Crippen LogP contribution in [-0.2, 0) is 11.2 Å². The van der Waals surface area contributed by atoms with E-state index in [0.717, 1.165) is 11.6 Å². The molecule has 1 N–H and O–H groups in total. The Bertz CT molecular complexity index is 870. The molecule has 2 aromatic rings. The van der Waals surface area contributed by atoms with Crippen molar-refractivity contribution in [1.29, 1.82) is 0 Å². The molecule has 0 spiro atoms. The molecular weight excluding hydrogens is 420 g/mol. The summed E-state index contributed by atoms with van der Waals surface area (Å²) < 4.78 is 59.3. The molecule has 0 aromatic heterocycles. The third kappa shape index (κ3) is 6.48. The third-order valence-electron chi connectivity index (χ3n) is 4.98. The SMILES string of the molecule is O=C(O)CN1CCN(c2ccc(OC(F)F)c(OC(F)F)c2)CC1Cc1ccccc1. The highest BCUT2D eigenvalue weighted by molar-refractivity contribution is 5.69. The molecule has 31 heavy (non-hydrogen) atoms. The fraction of sp³-hybridized carbons (Fsp3) is 0.381. The van der Waals surface area contributed by atoms with Crippen LogP contribution in [0.4, 0.5) is 23.2 Å². The van der Waals surface area contributed by atoms with Crippen molar-refractivity contribution in [2.45, 2.75) is 25.7 Å². The number of nitrogens with zero attached hydrogens (tertiary/aromatic N) is 2. The van der Waals surface area contributed by atoms with Crippen LogP contribution in [0, 0.1) is 0 Å². The van der Waals surface area contributed by atoms with Crippen LogP contribution in [0.5, 0.6) is 11.5 Å². The Labute approximate surface area is 176 Å². The number of carbonyl (C=O) groups is 1. The van der Waals surface area contributed by atoms with Crippen LogP contribution in [0.2, 0.25) is 0 Å². The molecule has 10 heteroatoms. The maximum atomic E-state index is 12.7. The number of benzene rings is 2. The first-order chi connectivity index (χ1) is 14.8. The van der Waals surface area contributed by atoms with E-state index in [4.69, 9.17) is 0 Å². The molecule has 1 unspecified atom stereocenters. The molecule has 1 fully saturated rings. The zero-order valence-electron chi connectivity index (χ0n) is 16.5. The standard InChI is InChI=1S/C21H22F4N2O4/c22-20(23)30-17-7-6-15(11-18(17)31-21(24)25)26-8-9-27(13-19(28)29)16(12-26)10-14-4-2-1-3-5-14/h1-7,11,16,20-21H,8-10,12-13H2,(H,28,29). The van der Waals surface area contributed by atoms with Gasteiger partial charge in [-0.05, 0) is 24.1 Å². The number of carboxylic acids is 1.